The van der Waals surface area contributed by atoms with Gasteiger partial charge in [0.25, 0.3) is 0 Å². The van der Waals surface area contributed by atoms with Crippen LogP contribution in [0.25, 0.3) is 32.9 Å². The number of morpholine rings is 1. The predicted octanol–water partition coefficient (Wildman–Crippen LogP) is 5.21. The summed E-state index contributed by atoms with van der Waals surface area (Å²) in [5.41, 5.74) is -0.227. The zero-order valence-corrected chi connectivity index (χ0v) is 27.3. The van der Waals surface area contributed by atoms with Crippen molar-refractivity contribution in [2.24, 2.45) is 5.41 Å². The molecule has 2 saturated carbocycles. The number of piperidine rings is 1. The standard InChI is InChI=1S/C37H37F2N5O5/c1-3-23-25(38)8-7-20-14-22(45)15-24(29(20)23)32-31(39)33-30(35(40-32)46-2)34(44-12-13-48-27-16-26(27)44)42-36(41-33)49-19-37-9-4-6-28(37)43(11-5-10-37)21-17-47-18-21/h1,7-8,14-15,21,26-28,45H,4-6,9-13,16-19H2,2H3. The van der Waals surface area contributed by atoms with Crippen molar-refractivity contribution in [3.05, 3.63) is 41.5 Å². The summed E-state index contributed by atoms with van der Waals surface area (Å²) in [6.07, 6.45) is 12.0. The fourth-order valence-corrected chi connectivity index (χ4v) is 8.85. The lowest BCUT2D eigenvalue weighted by atomic mass is 9.75. The first-order chi connectivity index (χ1) is 23.9. The largest absolute Gasteiger partial charge is 0.508 e. The Hall–Kier alpha value is -4.31. The summed E-state index contributed by atoms with van der Waals surface area (Å²) in [6, 6.07) is 6.48. The number of likely N-dealkylation sites (tertiary alicyclic amines) is 1. The molecule has 3 saturated heterocycles. The van der Waals surface area contributed by atoms with Crippen molar-refractivity contribution in [1.82, 2.24) is 19.9 Å². The van der Waals surface area contributed by atoms with Gasteiger partial charge in [-0.05, 0) is 62.2 Å². The fourth-order valence-electron chi connectivity index (χ4n) is 8.85. The highest BCUT2D eigenvalue weighted by molar-refractivity contribution is 6.04. The number of benzene rings is 2. The molecule has 2 aromatic heterocycles. The minimum Gasteiger partial charge on any atom is -0.508 e. The van der Waals surface area contributed by atoms with Crippen LogP contribution in [-0.2, 0) is 9.47 Å². The van der Waals surface area contributed by atoms with Crippen LogP contribution < -0.4 is 14.4 Å². The number of fused-ring (bicyclic) bond motifs is 4. The highest BCUT2D eigenvalue weighted by Crippen LogP contribution is 2.50. The number of methoxy groups -OCH3 is 1. The maximum absolute atomic E-state index is 17.1. The van der Waals surface area contributed by atoms with E-state index in [0.717, 1.165) is 58.3 Å². The molecule has 5 fully saturated rings. The number of anilines is 1. The highest BCUT2D eigenvalue weighted by atomic mass is 19.1. The highest BCUT2D eigenvalue weighted by Gasteiger charge is 2.51. The Balaban J connectivity index is 1.19. The van der Waals surface area contributed by atoms with Gasteiger partial charge in [0.15, 0.2) is 5.82 Å². The third kappa shape index (κ3) is 4.88. The Morgan fingerprint density at radius 2 is 1.96 bits per heavy atom. The lowest BCUT2D eigenvalue weighted by Gasteiger charge is -2.51. The summed E-state index contributed by atoms with van der Waals surface area (Å²) in [7, 11) is 1.45. The van der Waals surface area contributed by atoms with E-state index in [1.807, 2.05) is 0 Å². The Bertz CT molecular complexity index is 2040. The van der Waals surface area contributed by atoms with E-state index in [4.69, 9.17) is 35.3 Å². The number of halogens is 2. The maximum atomic E-state index is 17.1. The van der Waals surface area contributed by atoms with Gasteiger partial charge < -0.3 is 29.0 Å². The number of phenols is 1. The van der Waals surface area contributed by atoms with Crippen LogP contribution in [0.2, 0.25) is 0 Å². The maximum Gasteiger partial charge on any atom is 0.319 e. The zero-order valence-electron chi connectivity index (χ0n) is 27.3. The lowest BCUT2D eigenvalue weighted by molar-refractivity contribution is -0.115. The molecular formula is C37H37F2N5O5. The molecule has 9 rings (SSSR count). The molecule has 10 nitrogen and oxygen atoms in total. The Morgan fingerprint density at radius 3 is 2.76 bits per heavy atom. The first kappa shape index (κ1) is 30.7. The van der Waals surface area contributed by atoms with E-state index in [1.54, 1.807) is 0 Å². The summed E-state index contributed by atoms with van der Waals surface area (Å²) < 4.78 is 55.9. The molecule has 254 valence electrons. The lowest BCUT2D eigenvalue weighted by Crippen LogP contribution is -2.60. The molecule has 5 aliphatic rings. The van der Waals surface area contributed by atoms with Gasteiger partial charge in [0.2, 0.25) is 5.88 Å². The van der Waals surface area contributed by atoms with Crippen molar-refractivity contribution in [2.45, 2.75) is 62.8 Å². The zero-order chi connectivity index (χ0) is 33.4. The number of terminal acetylenes is 1. The molecule has 0 amide bonds. The summed E-state index contributed by atoms with van der Waals surface area (Å²) >= 11 is 0. The van der Waals surface area contributed by atoms with Crippen molar-refractivity contribution >= 4 is 27.5 Å². The molecule has 2 aromatic carbocycles. The van der Waals surface area contributed by atoms with Crippen LogP contribution in [0.1, 0.15) is 44.1 Å². The first-order valence-electron chi connectivity index (χ1n) is 17.1. The van der Waals surface area contributed by atoms with Crippen LogP contribution in [0.3, 0.4) is 0 Å². The first-order valence-corrected chi connectivity index (χ1v) is 17.1. The van der Waals surface area contributed by atoms with Gasteiger partial charge in [-0.1, -0.05) is 18.4 Å². The smallest absolute Gasteiger partial charge is 0.319 e. The summed E-state index contributed by atoms with van der Waals surface area (Å²) in [5.74, 6) is 1.38. The number of aromatic hydroxyl groups is 1. The Kier molecular flexibility index (Phi) is 7.30. The van der Waals surface area contributed by atoms with Gasteiger partial charge in [-0.2, -0.15) is 9.97 Å². The third-order valence-corrected chi connectivity index (χ3v) is 11.3. The number of phenolic OH excluding ortho intramolecular Hbond substituents is 1. The molecule has 4 unspecified atom stereocenters. The third-order valence-electron chi connectivity index (χ3n) is 11.3. The fraction of sp³-hybridized carbons (Fsp3) is 0.486. The van der Waals surface area contributed by atoms with E-state index in [0.29, 0.717) is 48.4 Å². The Morgan fingerprint density at radius 1 is 1.10 bits per heavy atom. The van der Waals surface area contributed by atoms with E-state index < -0.39 is 11.6 Å². The molecule has 0 bridgehead atoms. The number of nitrogens with zero attached hydrogens (tertiary/aromatic N) is 5. The molecule has 1 N–H and O–H groups in total. The molecule has 0 radical (unpaired) electrons. The van der Waals surface area contributed by atoms with Crippen LogP contribution in [0.5, 0.6) is 17.6 Å². The van der Waals surface area contributed by atoms with Crippen LogP contribution in [-0.4, -0.2) is 95.8 Å². The quantitative estimate of drug-likeness (QED) is 0.264. The molecule has 12 heteroatoms. The van der Waals surface area contributed by atoms with E-state index in [1.165, 1.54) is 31.4 Å². The van der Waals surface area contributed by atoms with Gasteiger partial charge >= 0.3 is 6.01 Å². The molecule has 0 spiro atoms. The number of ether oxygens (including phenoxy) is 4. The average molecular weight is 670 g/mol. The van der Waals surface area contributed by atoms with Gasteiger partial charge in [0, 0.05) is 29.0 Å². The van der Waals surface area contributed by atoms with E-state index >= 15 is 4.39 Å². The van der Waals surface area contributed by atoms with Gasteiger partial charge in [0.05, 0.1) is 57.3 Å². The second-order valence-electron chi connectivity index (χ2n) is 14.0. The number of aromatic nitrogens is 3. The monoisotopic (exact) mass is 669 g/mol. The average Bonchev–Trinajstić information content (AvgIpc) is 3.76. The topological polar surface area (TPSA) is 102 Å². The molecule has 3 aliphatic heterocycles. The molecular weight excluding hydrogens is 632 g/mol. The van der Waals surface area contributed by atoms with Crippen LogP contribution >= 0.6 is 0 Å². The minimum atomic E-state index is -0.783. The van der Waals surface area contributed by atoms with Crippen molar-refractivity contribution in [1.29, 1.82) is 0 Å². The molecule has 4 aromatic rings. The summed E-state index contributed by atoms with van der Waals surface area (Å²) in [5, 5.41) is 11.7. The van der Waals surface area contributed by atoms with Crippen LogP contribution in [0.15, 0.2) is 24.3 Å². The van der Waals surface area contributed by atoms with E-state index in [2.05, 4.69) is 20.7 Å². The van der Waals surface area contributed by atoms with Crippen molar-refractivity contribution in [3.8, 4) is 41.2 Å². The van der Waals surface area contributed by atoms with E-state index in [-0.39, 0.29) is 62.9 Å². The minimum absolute atomic E-state index is 0.0435. The molecule has 49 heavy (non-hydrogen) atoms. The van der Waals surface area contributed by atoms with E-state index in [9.17, 15) is 9.50 Å². The molecule has 5 heterocycles. The molecule has 4 atom stereocenters. The number of hydrogen-bond donors (Lipinski definition) is 1. The second-order valence-corrected chi connectivity index (χ2v) is 14.0. The normalized spacial score (nSPS) is 26.7. The summed E-state index contributed by atoms with van der Waals surface area (Å²) in [6.45, 7) is 4.07. The van der Waals surface area contributed by atoms with Crippen LogP contribution in [0.4, 0.5) is 14.6 Å². The number of hydrogen-bond acceptors (Lipinski definition) is 10. The van der Waals surface area contributed by atoms with Crippen LogP contribution in [0, 0.1) is 29.4 Å². The Labute approximate surface area is 282 Å². The van der Waals surface area contributed by atoms with Crippen molar-refractivity contribution in [3.63, 3.8) is 0 Å². The SMILES string of the molecule is C#Cc1c(F)ccc2cc(O)cc(-c3nc(OC)c4c(N5CCOC6CC65)nc(OCC56CCCC5N(C5COC5)CCC6)nc4c3F)c12. The van der Waals surface area contributed by atoms with Crippen molar-refractivity contribution in [2.75, 3.05) is 51.5 Å². The molecule has 2 aliphatic carbocycles. The second kappa shape index (κ2) is 11.6. The van der Waals surface area contributed by atoms with Gasteiger partial charge in [-0.3, -0.25) is 4.90 Å². The van der Waals surface area contributed by atoms with Gasteiger partial charge in [0.1, 0.15) is 34.0 Å². The van der Waals surface area contributed by atoms with Gasteiger partial charge in [-0.15, -0.1) is 6.42 Å². The number of rotatable bonds is 7. The summed E-state index contributed by atoms with van der Waals surface area (Å²) in [4.78, 5) is 19.0. The number of pyridine rings is 1. The van der Waals surface area contributed by atoms with Crippen molar-refractivity contribution < 1.29 is 32.8 Å². The predicted molar refractivity (Wildman–Crippen MR) is 178 cm³/mol. The van der Waals surface area contributed by atoms with Gasteiger partial charge in [-0.25, -0.2) is 13.8 Å².